The largest absolute Gasteiger partial charge is 0.497 e. The van der Waals surface area contributed by atoms with Gasteiger partial charge in [-0.15, -0.1) is 0 Å². The van der Waals surface area contributed by atoms with Gasteiger partial charge in [-0.2, -0.15) is 0 Å². The molecule has 2 aliphatic heterocycles. The summed E-state index contributed by atoms with van der Waals surface area (Å²) < 4.78 is 23.3. The Morgan fingerprint density at radius 3 is 2.45 bits per heavy atom. The van der Waals surface area contributed by atoms with E-state index in [-0.39, 0.29) is 24.2 Å². The van der Waals surface area contributed by atoms with Crippen molar-refractivity contribution in [3.63, 3.8) is 0 Å². The lowest BCUT2D eigenvalue weighted by Gasteiger charge is -2.19. The minimum absolute atomic E-state index is 0.164. The van der Waals surface area contributed by atoms with Gasteiger partial charge in [0.1, 0.15) is 35.5 Å². The van der Waals surface area contributed by atoms with E-state index >= 15 is 0 Å². The lowest BCUT2D eigenvalue weighted by atomic mass is 10.3. The van der Waals surface area contributed by atoms with E-state index in [4.69, 9.17) is 18.9 Å². The maximum absolute atomic E-state index is 13.0. The predicted octanol–water partition coefficient (Wildman–Crippen LogP) is 2.33. The number of carbonyl (C=O) groups excluding carboxylic acids is 1. The van der Waals surface area contributed by atoms with Gasteiger partial charge in [-0.1, -0.05) is 18.2 Å². The van der Waals surface area contributed by atoms with E-state index in [1.54, 1.807) is 12.0 Å². The second kappa shape index (κ2) is 8.49. The molecule has 0 unspecified atom stereocenters. The summed E-state index contributed by atoms with van der Waals surface area (Å²) in [6.45, 7) is 1.67. The molecule has 1 amide bonds. The van der Waals surface area contributed by atoms with Crippen molar-refractivity contribution in [2.45, 2.75) is 18.3 Å². The van der Waals surface area contributed by atoms with Crippen molar-refractivity contribution in [1.82, 2.24) is 14.9 Å². The number of benzene rings is 2. The lowest BCUT2D eigenvalue weighted by molar-refractivity contribution is -0.00461. The quantitative estimate of drug-likeness (QED) is 0.639. The van der Waals surface area contributed by atoms with Gasteiger partial charge < -0.3 is 23.8 Å². The first-order valence-electron chi connectivity index (χ1n) is 10.2. The molecule has 3 heterocycles. The van der Waals surface area contributed by atoms with Gasteiger partial charge in [-0.3, -0.25) is 9.78 Å². The SMILES string of the molecule is COc1cccc(OC2CO[C@H]3CN(C(=O)c4cnc5ccccc5n4)C[C@@H]3OC2)c1. The Kier molecular flexibility index (Phi) is 5.40. The first-order valence-corrected chi connectivity index (χ1v) is 10.2. The standard InChI is InChI=1S/C23H23N3O5/c1-28-15-5-4-6-16(9-15)31-17-13-29-21-11-26(12-22(21)30-14-17)23(27)20-10-24-18-7-2-3-8-19(18)25-20/h2-10,17,21-22H,11-14H2,1H3/t21-,22-/m0/s1. The Morgan fingerprint density at radius 2 is 1.71 bits per heavy atom. The van der Waals surface area contributed by atoms with E-state index in [0.717, 1.165) is 11.3 Å². The maximum Gasteiger partial charge on any atom is 0.274 e. The van der Waals surface area contributed by atoms with Crippen LogP contribution < -0.4 is 9.47 Å². The molecule has 8 heteroatoms. The highest BCUT2D eigenvalue weighted by molar-refractivity contribution is 5.94. The number of amides is 1. The van der Waals surface area contributed by atoms with Crippen LogP contribution in [0.4, 0.5) is 0 Å². The molecule has 2 fully saturated rings. The zero-order chi connectivity index (χ0) is 21.2. The summed E-state index contributed by atoms with van der Waals surface area (Å²) in [7, 11) is 1.62. The minimum atomic E-state index is -0.229. The van der Waals surface area contributed by atoms with Crippen molar-refractivity contribution in [3.05, 3.63) is 60.4 Å². The maximum atomic E-state index is 13.0. The van der Waals surface area contributed by atoms with E-state index in [1.165, 1.54) is 6.20 Å². The van der Waals surface area contributed by atoms with Crippen LogP contribution >= 0.6 is 0 Å². The van der Waals surface area contributed by atoms with Crippen LogP contribution in [-0.2, 0) is 9.47 Å². The van der Waals surface area contributed by atoms with Crippen LogP contribution in [0.2, 0.25) is 0 Å². The highest BCUT2D eigenvalue weighted by Gasteiger charge is 2.40. The van der Waals surface area contributed by atoms with Crippen molar-refractivity contribution in [1.29, 1.82) is 0 Å². The highest BCUT2D eigenvalue weighted by Crippen LogP contribution is 2.25. The summed E-state index contributed by atoms with van der Waals surface area (Å²) in [6.07, 6.45) is 0.902. The second-order valence-corrected chi connectivity index (χ2v) is 7.62. The van der Waals surface area contributed by atoms with Crippen LogP contribution in [0.15, 0.2) is 54.7 Å². The molecule has 0 spiro atoms. The first kappa shape index (κ1) is 19.7. The number of ether oxygens (including phenoxy) is 4. The number of methoxy groups -OCH3 is 1. The topological polar surface area (TPSA) is 83.0 Å². The Labute approximate surface area is 179 Å². The van der Waals surface area contributed by atoms with Gasteiger partial charge in [-0.25, -0.2) is 4.98 Å². The smallest absolute Gasteiger partial charge is 0.274 e. The molecule has 0 bridgehead atoms. The third-order valence-corrected chi connectivity index (χ3v) is 5.51. The third-order valence-electron chi connectivity index (χ3n) is 5.51. The van der Waals surface area contributed by atoms with Gasteiger partial charge >= 0.3 is 0 Å². The van der Waals surface area contributed by atoms with Gasteiger partial charge in [0.05, 0.1) is 37.6 Å². The normalized spacial score (nSPS) is 21.5. The monoisotopic (exact) mass is 421 g/mol. The summed E-state index contributed by atoms with van der Waals surface area (Å²) >= 11 is 0. The summed E-state index contributed by atoms with van der Waals surface area (Å²) in [5, 5.41) is 0. The van der Waals surface area contributed by atoms with E-state index in [9.17, 15) is 4.79 Å². The fourth-order valence-corrected chi connectivity index (χ4v) is 3.90. The van der Waals surface area contributed by atoms with Crippen LogP contribution in [0.1, 0.15) is 10.5 Å². The van der Waals surface area contributed by atoms with Crippen LogP contribution in [-0.4, -0.2) is 72.5 Å². The molecule has 31 heavy (non-hydrogen) atoms. The van der Waals surface area contributed by atoms with Gasteiger partial charge in [0.25, 0.3) is 5.91 Å². The van der Waals surface area contributed by atoms with E-state index in [1.807, 2.05) is 48.5 Å². The molecule has 0 saturated carbocycles. The molecule has 2 aromatic carbocycles. The number of aromatic nitrogens is 2. The molecule has 0 aliphatic carbocycles. The van der Waals surface area contributed by atoms with Crippen LogP contribution in [0.5, 0.6) is 11.5 Å². The van der Waals surface area contributed by atoms with Gasteiger partial charge in [0.2, 0.25) is 0 Å². The fraction of sp³-hybridized carbons (Fsp3) is 0.348. The molecule has 160 valence electrons. The van der Waals surface area contributed by atoms with E-state index in [0.29, 0.717) is 43.3 Å². The molecule has 1 aromatic heterocycles. The molecule has 2 atom stereocenters. The molecule has 5 rings (SSSR count). The Hall–Kier alpha value is -3.23. The number of fused-ring (bicyclic) bond motifs is 2. The summed E-state index contributed by atoms with van der Waals surface area (Å²) in [5.74, 6) is 1.27. The average Bonchev–Trinajstić information content (AvgIpc) is 3.14. The minimum Gasteiger partial charge on any atom is -0.497 e. The Morgan fingerprint density at radius 1 is 1.00 bits per heavy atom. The zero-order valence-corrected chi connectivity index (χ0v) is 17.1. The number of hydrogen-bond acceptors (Lipinski definition) is 7. The Balaban J connectivity index is 1.21. The molecule has 8 nitrogen and oxygen atoms in total. The highest BCUT2D eigenvalue weighted by atomic mass is 16.6. The number of para-hydroxylation sites is 2. The van der Waals surface area contributed by atoms with Crippen LogP contribution in [0.3, 0.4) is 0 Å². The van der Waals surface area contributed by atoms with Crippen molar-refractivity contribution >= 4 is 16.9 Å². The van der Waals surface area contributed by atoms with Crippen LogP contribution in [0, 0.1) is 0 Å². The molecule has 2 saturated heterocycles. The molecular formula is C23H23N3O5. The molecular weight excluding hydrogens is 398 g/mol. The number of hydrogen-bond donors (Lipinski definition) is 0. The Bertz CT molecular complexity index is 1080. The first-order chi connectivity index (χ1) is 15.2. The molecule has 0 radical (unpaired) electrons. The zero-order valence-electron chi connectivity index (χ0n) is 17.1. The van der Waals surface area contributed by atoms with Crippen molar-refractivity contribution < 1.29 is 23.7 Å². The molecule has 0 N–H and O–H groups in total. The molecule has 2 aliphatic rings. The summed E-state index contributed by atoms with van der Waals surface area (Å²) in [6, 6.07) is 14.9. The van der Waals surface area contributed by atoms with Crippen molar-refractivity contribution in [3.8, 4) is 11.5 Å². The number of carbonyl (C=O) groups is 1. The van der Waals surface area contributed by atoms with Crippen molar-refractivity contribution in [2.75, 3.05) is 33.4 Å². The second-order valence-electron chi connectivity index (χ2n) is 7.62. The van der Waals surface area contributed by atoms with E-state index in [2.05, 4.69) is 9.97 Å². The lowest BCUT2D eigenvalue weighted by Crippen LogP contribution is -2.33. The fourth-order valence-electron chi connectivity index (χ4n) is 3.90. The summed E-state index contributed by atoms with van der Waals surface area (Å²) in [5.41, 5.74) is 1.79. The average molecular weight is 421 g/mol. The van der Waals surface area contributed by atoms with Gasteiger partial charge in [0.15, 0.2) is 0 Å². The third kappa shape index (κ3) is 4.17. The number of nitrogens with zero attached hydrogens (tertiary/aromatic N) is 3. The van der Waals surface area contributed by atoms with Crippen molar-refractivity contribution in [2.24, 2.45) is 0 Å². The van der Waals surface area contributed by atoms with Gasteiger partial charge in [0, 0.05) is 19.2 Å². The number of likely N-dealkylation sites (tertiary alicyclic amines) is 1. The van der Waals surface area contributed by atoms with Gasteiger partial charge in [-0.05, 0) is 24.3 Å². The predicted molar refractivity (Wildman–Crippen MR) is 112 cm³/mol. The van der Waals surface area contributed by atoms with Crippen LogP contribution in [0.25, 0.3) is 11.0 Å². The summed E-state index contributed by atoms with van der Waals surface area (Å²) in [4.78, 5) is 23.5. The van der Waals surface area contributed by atoms with E-state index < -0.39 is 0 Å². The number of rotatable bonds is 4. The molecule has 3 aromatic rings.